The molecule has 0 aromatic rings. The van der Waals surface area contributed by atoms with Gasteiger partial charge in [-0.15, -0.1) is 0 Å². The molecule has 0 aliphatic carbocycles. The van der Waals surface area contributed by atoms with Gasteiger partial charge in [-0.2, -0.15) is 0 Å². The Hall–Kier alpha value is 0.0949. The molecule has 0 saturated carbocycles. The van der Waals surface area contributed by atoms with Gasteiger partial charge in [0.05, 0.1) is 0 Å². The molecule has 1 N–H and O–H groups in total. The van der Waals surface area contributed by atoms with Crippen LogP contribution in [0.1, 0.15) is 34.1 Å². The first-order chi connectivity index (χ1) is 7.71. The third-order valence-corrected chi connectivity index (χ3v) is 3.74. The van der Waals surface area contributed by atoms with E-state index in [1.54, 1.807) is 0 Å². The number of hydrogen-bond donors (Lipinski definition) is 1. The quantitative estimate of drug-likeness (QED) is 0.743. The van der Waals surface area contributed by atoms with Crippen LogP contribution in [0.25, 0.3) is 1.43 Å². The minimum absolute atomic E-state index is 0.0130. The van der Waals surface area contributed by atoms with E-state index in [9.17, 15) is 4.21 Å². The van der Waals surface area contributed by atoms with Crippen molar-refractivity contribution in [2.24, 2.45) is 5.92 Å². The molecule has 4 atom stereocenters. The van der Waals surface area contributed by atoms with Gasteiger partial charge >= 0.3 is 99.8 Å². The fourth-order valence-corrected chi connectivity index (χ4v) is 3.15. The Balaban J connectivity index is 2.72. The zero-order chi connectivity index (χ0) is 13.3. The monoisotopic (exact) mass is 250 g/mol. The van der Waals surface area contributed by atoms with E-state index in [2.05, 4.69) is 11.3 Å². The molecule has 0 spiro atoms. The van der Waals surface area contributed by atoms with E-state index >= 15 is 0 Å². The van der Waals surface area contributed by atoms with Crippen LogP contribution in [-0.2, 0) is 19.1 Å². The zero-order valence-corrected chi connectivity index (χ0v) is 11.2. The average molecular weight is 250 g/mol. The van der Waals surface area contributed by atoms with Gasteiger partial charge in [0.25, 0.3) is 0 Å². The third kappa shape index (κ3) is 3.84. The summed E-state index contributed by atoms with van der Waals surface area (Å²) >= 11 is 0. The Morgan fingerprint density at radius 2 is 2.25 bits per heavy atom. The molecule has 1 heterocycles. The number of ether oxygens (including phenoxy) is 2. The SMILES string of the molecule is [3H]OS(=B)(=O)C[C@H](C)[C@@H]1OC(C)(C)O[C@@H]1CC. The van der Waals surface area contributed by atoms with Gasteiger partial charge in [0.15, 0.2) is 0 Å². The summed E-state index contributed by atoms with van der Waals surface area (Å²) in [5, 5.41) is 0. The first kappa shape index (κ1) is 12.5. The van der Waals surface area contributed by atoms with Crippen molar-refractivity contribution in [2.45, 2.75) is 52.1 Å². The van der Waals surface area contributed by atoms with Gasteiger partial charge in [-0.1, -0.05) is 0 Å². The van der Waals surface area contributed by atoms with Crippen LogP contribution in [0, 0.1) is 5.92 Å². The Morgan fingerprint density at radius 3 is 2.75 bits per heavy atom. The van der Waals surface area contributed by atoms with Crippen LogP contribution in [0.2, 0.25) is 0 Å². The first-order valence-corrected chi connectivity index (χ1v) is 7.38. The summed E-state index contributed by atoms with van der Waals surface area (Å²) in [5.74, 6) is -0.433. The first-order valence-electron chi connectivity index (χ1n) is 5.97. The third-order valence-electron chi connectivity index (χ3n) is 2.70. The van der Waals surface area contributed by atoms with E-state index in [1.165, 1.54) is 0 Å². The van der Waals surface area contributed by atoms with Crippen molar-refractivity contribution in [3.05, 3.63) is 0 Å². The summed E-state index contributed by atoms with van der Waals surface area (Å²) in [5.41, 5.74) is 0. The van der Waals surface area contributed by atoms with Crippen LogP contribution in [0.3, 0.4) is 0 Å². The molecule has 0 bridgehead atoms. The van der Waals surface area contributed by atoms with Crippen LogP contribution in [0.15, 0.2) is 0 Å². The molecule has 1 fully saturated rings. The zero-order valence-electron chi connectivity index (χ0n) is 11.4. The maximum absolute atomic E-state index is 11.7. The van der Waals surface area contributed by atoms with Gasteiger partial charge in [0.2, 0.25) is 0 Å². The van der Waals surface area contributed by atoms with Crippen LogP contribution in [0.5, 0.6) is 0 Å². The molecule has 16 heavy (non-hydrogen) atoms. The van der Waals surface area contributed by atoms with Crippen molar-refractivity contribution in [2.75, 3.05) is 5.75 Å². The summed E-state index contributed by atoms with van der Waals surface area (Å²) < 4.78 is 34.1. The van der Waals surface area contributed by atoms with Crippen LogP contribution in [-0.4, -0.2) is 39.2 Å². The maximum atomic E-state index is 11.7. The second-order valence-electron chi connectivity index (χ2n) is 4.93. The van der Waals surface area contributed by atoms with Gasteiger partial charge < -0.3 is 0 Å². The van der Waals surface area contributed by atoms with Crippen molar-refractivity contribution < 1.29 is 18.2 Å². The second-order valence-corrected chi connectivity index (χ2v) is 6.75. The molecular formula is C10H21BO4S. The molecule has 1 saturated heterocycles. The van der Waals surface area contributed by atoms with Gasteiger partial charge in [0, 0.05) is 0 Å². The molecule has 94 valence electrons. The average Bonchev–Trinajstić information content (AvgIpc) is 2.53. The predicted molar refractivity (Wildman–Crippen MR) is 66.1 cm³/mol. The summed E-state index contributed by atoms with van der Waals surface area (Å²) in [6, 6.07) is 0. The normalized spacial score (nSPS) is 35.3. The van der Waals surface area contributed by atoms with Crippen molar-refractivity contribution in [3.8, 4) is 0 Å². The van der Waals surface area contributed by atoms with Crippen LogP contribution >= 0.6 is 0 Å². The molecule has 0 aromatic carbocycles. The van der Waals surface area contributed by atoms with E-state index in [1.807, 2.05) is 27.7 Å². The van der Waals surface area contributed by atoms with E-state index in [4.69, 9.17) is 10.9 Å². The van der Waals surface area contributed by atoms with E-state index in [0.717, 1.165) is 6.42 Å². The van der Waals surface area contributed by atoms with E-state index in [0.29, 0.717) is 0 Å². The number of rotatable bonds is 5. The summed E-state index contributed by atoms with van der Waals surface area (Å²) in [4.78, 5) is 0. The Morgan fingerprint density at radius 1 is 1.62 bits per heavy atom. The number of hydrogen-bond acceptors (Lipinski definition) is 4. The predicted octanol–water partition coefficient (Wildman–Crippen LogP) is 1.13. The molecule has 1 aliphatic heterocycles. The van der Waals surface area contributed by atoms with E-state index in [-0.39, 0.29) is 23.9 Å². The van der Waals surface area contributed by atoms with Gasteiger partial charge in [-0.25, -0.2) is 0 Å². The van der Waals surface area contributed by atoms with Gasteiger partial charge in [-0.05, 0) is 0 Å². The molecule has 6 heteroatoms. The van der Waals surface area contributed by atoms with E-state index < -0.39 is 15.4 Å². The molecule has 4 nitrogen and oxygen atoms in total. The Labute approximate surface area is 100 Å². The van der Waals surface area contributed by atoms with Crippen LogP contribution in [0.4, 0.5) is 0 Å². The second kappa shape index (κ2) is 4.76. The fraction of sp³-hybridized carbons (Fsp3) is 1.00. The standard InChI is InChI=1S/C10H21BO4S/c1-5-8-9(15-10(3,4)14-8)7(2)6-16(11,12)13/h7-9,11H,5-6H2,1-4H3,(H,12,13)/t7-,8+,9-/m0/s1/i/hT. The van der Waals surface area contributed by atoms with Crippen LogP contribution < -0.4 is 0 Å². The summed E-state index contributed by atoms with van der Waals surface area (Å²) in [6.45, 7) is 11.1. The molecule has 0 radical (unpaired) electrons. The molecule has 1 unspecified atom stereocenters. The molecule has 1 aliphatic rings. The summed E-state index contributed by atoms with van der Waals surface area (Å²) in [7, 11) is -2.79. The Bertz CT molecular complexity index is 357. The van der Waals surface area contributed by atoms with Crippen molar-refractivity contribution in [3.63, 3.8) is 0 Å². The molecule has 0 amide bonds. The molecule has 1 rings (SSSR count). The molecular weight excluding hydrogens is 227 g/mol. The minimum atomic E-state index is -2.79. The molecule has 0 aromatic heterocycles. The van der Waals surface area contributed by atoms with Crippen molar-refractivity contribution >= 4 is 16.4 Å². The fourth-order valence-electron chi connectivity index (χ4n) is 2.16. The van der Waals surface area contributed by atoms with Gasteiger partial charge in [-0.3, -0.25) is 0 Å². The Kier molecular flexibility index (Phi) is 3.73. The van der Waals surface area contributed by atoms with Crippen molar-refractivity contribution in [1.29, 1.82) is 1.43 Å². The van der Waals surface area contributed by atoms with Gasteiger partial charge in [0.1, 0.15) is 0 Å². The topological polar surface area (TPSA) is 55.8 Å². The summed E-state index contributed by atoms with van der Waals surface area (Å²) in [6.07, 6.45) is 0.687. The van der Waals surface area contributed by atoms with Crippen molar-refractivity contribution in [1.82, 2.24) is 0 Å².